The van der Waals surface area contributed by atoms with Crippen LogP contribution in [0.5, 0.6) is 11.5 Å². The molecule has 1 N–H and O–H groups in total. The van der Waals surface area contributed by atoms with Crippen molar-refractivity contribution in [3.8, 4) is 11.5 Å². The van der Waals surface area contributed by atoms with E-state index in [4.69, 9.17) is 32.7 Å². The molecule has 0 aliphatic carbocycles. The molecule has 1 aliphatic rings. The van der Waals surface area contributed by atoms with Crippen LogP contribution in [0.1, 0.15) is 16.7 Å². The van der Waals surface area contributed by atoms with Crippen LogP contribution in [0.15, 0.2) is 72.4 Å². The van der Waals surface area contributed by atoms with Crippen molar-refractivity contribution in [2.75, 3.05) is 7.11 Å². The number of urea groups is 1. The van der Waals surface area contributed by atoms with Crippen molar-refractivity contribution in [2.24, 2.45) is 0 Å². The number of ether oxygens (including phenoxy) is 2. The quantitative estimate of drug-likeness (QED) is 0.347. The highest BCUT2D eigenvalue weighted by molar-refractivity contribution is 6.31. The summed E-state index contributed by atoms with van der Waals surface area (Å²) in [7, 11) is 1.53. The van der Waals surface area contributed by atoms with E-state index in [1.165, 1.54) is 7.11 Å². The maximum absolute atomic E-state index is 12.8. The van der Waals surface area contributed by atoms with Crippen molar-refractivity contribution in [1.82, 2.24) is 10.2 Å². The Balaban J connectivity index is 1.49. The van der Waals surface area contributed by atoms with Crippen molar-refractivity contribution in [2.45, 2.75) is 13.2 Å². The molecule has 168 valence electrons. The average Bonchev–Trinajstić information content (AvgIpc) is 3.07. The van der Waals surface area contributed by atoms with Crippen LogP contribution >= 0.6 is 23.2 Å². The van der Waals surface area contributed by atoms with Gasteiger partial charge in [0, 0.05) is 15.6 Å². The molecule has 0 radical (unpaired) electrons. The first-order valence-corrected chi connectivity index (χ1v) is 10.8. The number of nitrogens with zero attached hydrogens (tertiary/aromatic N) is 1. The van der Waals surface area contributed by atoms with Crippen LogP contribution in [0.25, 0.3) is 6.08 Å². The van der Waals surface area contributed by atoms with Crippen LogP contribution in [0.2, 0.25) is 10.0 Å². The fraction of sp³-hybridized carbons (Fsp3) is 0.120. The van der Waals surface area contributed by atoms with Gasteiger partial charge < -0.3 is 14.8 Å². The predicted octanol–water partition coefficient (Wildman–Crippen LogP) is 5.67. The van der Waals surface area contributed by atoms with Crippen molar-refractivity contribution in [1.29, 1.82) is 0 Å². The van der Waals surface area contributed by atoms with E-state index in [0.717, 1.165) is 16.0 Å². The second-order valence-electron chi connectivity index (χ2n) is 7.30. The number of rotatable bonds is 7. The first-order chi connectivity index (χ1) is 15.9. The first-order valence-electron chi connectivity index (χ1n) is 10.1. The summed E-state index contributed by atoms with van der Waals surface area (Å²) in [6.07, 6.45) is 1.60. The second-order valence-corrected chi connectivity index (χ2v) is 8.14. The fourth-order valence-corrected chi connectivity index (χ4v) is 3.63. The lowest BCUT2D eigenvalue weighted by Gasteiger charge is -2.12. The molecule has 33 heavy (non-hydrogen) atoms. The number of hydrogen-bond donors (Lipinski definition) is 1. The van der Waals surface area contributed by atoms with E-state index in [0.29, 0.717) is 27.1 Å². The number of amides is 3. The van der Waals surface area contributed by atoms with Crippen molar-refractivity contribution >= 4 is 41.2 Å². The third kappa shape index (κ3) is 5.30. The number of nitrogens with one attached hydrogen (secondary N) is 1. The van der Waals surface area contributed by atoms with Gasteiger partial charge in [0.25, 0.3) is 5.91 Å². The first kappa shape index (κ1) is 22.7. The highest BCUT2D eigenvalue weighted by Gasteiger charge is 2.33. The number of carbonyl (C=O) groups excluding carboxylic acids is 2. The highest BCUT2D eigenvalue weighted by Crippen LogP contribution is 2.31. The summed E-state index contributed by atoms with van der Waals surface area (Å²) in [5.41, 5.74) is 2.51. The molecule has 1 aliphatic heterocycles. The molecule has 0 unspecified atom stereocenters. The summed E-state index contributed by atoms with van der Waals surface area (Å²) >= 11 is 12.1. The van der Waals surface area contributed by atoms with E-state index < -0.39 is 11.9 Å². The summed E-state index contributed by atoms with van der Waals surface area (Å²) in [6.45, 7) is 0.433. The Morgan fingerprint density at radius 2 is 1.73 bits per heavy atom. The summed E-state index contributed by atoms with van der Waals surface area (Å²) < 4.78 is 11.3. The summed E-state index contributed by atoms with van der Waals surface area (Å²) in [5, 5.41) is 3.83. The zero-order chi connectivity index (χ0) is 23.4. The van der Waals surface area contributed by atoms with Crippen LogP contribution in [0, 0.1) is 0 Å². The van der Waals surface area contributed by atoms with E-state index in [9.17, 15) is 9.59 Å². The molecule has 0 saturated carbocycles. The van der Waals surface area contributed by atoms with Crippen molar-refractivity contribution in [3.05, 3.63) is 99.2 Å². The molecule has 3 aromatic carbocycles. The topological polar surface area (TPSA) is 67.9 Å². The van der Waals surface area contributed by atoms with Gasteiger partial charge in [-0.05, 0) is 47.5 Å². The summed E-state index contributed by atoms with van der Waals surface area (Å²) in [6, 6.07) is 19.2. The zero-order valence-electron chi connectivity index (χ0n) is 17.7. The lowest BCUT2D eigenvalue weighted by atomic mass is 10.1. The lowest BCUT2D eigenvalue weighted by Crippen LogP contribution is -2.30. The van der Waals surface area contributed by atoms with Gasteiger partial charge in [-0.1, -0.05) is 59.6 Å². The molecule has 3 amide bonds. The number of methoxy groups -OCH3 is 1. The Bertz CT molecular complexity index is 1230. The third-order valence-corrected chi connectivity index (χ3v) is 5.68. The van der Waals surface area contributed by atoms with Crippen LogP contribution in [-0.2, 0) is 17.9 Å². The molecule has 1 fully saturated rings. The minimum atomic E-state index is -0.479. The van der Waals surface area contributed by atoms with E-state index in [1.54, 1.807) is 54.6 Å². The Kier molecular flexibility index (Phi) is 6.87. The van der Waals surface area contributed by atoms with E-state index >= 15 is 0 Å². The molecule has 6 nitrogen and oxygen atoms in total. The molecule has 0 aromatic heterocycles. The molecule has 0 atom stereocenters. The minimum absolute atomic E-state index is 0.150. The number of imide groups is 1. The molecule has 8 heteroatoms. The SMILES string of the molecule is COc1cc(/C=C2\NC(=O)N(Cc3ccc(Cl)cc3)C2=O)ccc1OCc1ccccc1Cl. The number of carbonyl (C=O) groups is 2. The van der Waals surface area contributed by atoms with E-state index in [2.05, 4.69) is 5.32 Å². The normalized spacial score (nSPS) is 14.5. The Labute approximate surface area is 201 Å². The summed E-state index contributed by atoms with van der Waals surface area (Å²) in [4.78, 5) is 26.3. The van der Waals surface area contributed by atoms with Crippen LogP contribution < -0.4 is 14.8 Å². The van der Waals surface area contributed by atoms with Gasteiger partial charge in [0.2, 0.25) is 0 Å². The van der Waals surface area contributed by atoms with Crippen LogP contribution in [0.3, 0.4) is 0 Å². The van der Waals surface area contributed by atoms with Crippen molar-refractivity contribution in [3.63, 3.8) is 0 Å². The van der Waals surface area contributed by atoms with Gasteiger partial charge in [0.1, 0.15) is 12.3 Å². The molecular formula is C25H20Cl2N2O4. The molecular weight excluding hydrogens is 463 g/mol. The largest absolute Gasteiger partial charge is 0.493 e. The molecule has 4 rings (SSSR count). The molecule has 3 aromatic rings. The van der Waals surface area contributed by atoms with Gasteiger partial charge >= 0.3 is 6.03 Å². The smallest absolute Gasteiger partial charge is 0.329 e. The van der Waals surface area contributed by atoms with Gasteiger partial charge in [0.05, 0.1) is 13.7 Å². The average molecular weight is 483 g/mol. The van der Waals surface area contributed by atoms with E-state index in [1.807, 2.05) is 18.2 Å². The van der Waals surface area contributed by atoms with Gasteiger partial charge in [0.15, 0.2) is 11.5 Å². The Hall–Kier alpha value is -3.48. The Morgan fingerprint density at radius 1 is 0.970 bits per heavy atom. The lowest BCUT2D eigenvalue weighted by molar-refractivity contribution is -0.123. The number of halogens is 2. The van der Waals surface area contributed by atoms with Gasteiger partial charge in [-0.15, -0.1) is 0 Å². The maximum Gasteiger partial charge on any atom is 0.329 e. The van der Waals surface area contributed by atoms with Gasteiger partial charge in [-0.3, -0.25) is 9.69 Å². The Morgan fingerprint density at radius 3 is 2.45 bits per heavy atom. The van der Waals surface area contributed by atoms with Gasteiger partial charge in [-0.25, -0.2) is 4.79 Å². The monoisotopic (exact) mass is 482 g/mol. The molecule has 0 bridgehead atoms. The highest BCUT2D eigenvalue weighted by atomic mass is 35.5. The van der Waals surface area contributed by atoms with Crippen LogP contribution in [-0.4, -0.2) is 23.9 Å². The predicted molar refractivity (Wildman–Crippen MR) is 127 cm³/mol. The summed E-state index contributed by atoms with van der Waals surface area (Å²) in [5.74, 6) is 0.616. The molecule has 1 heterocycles. The standard InChI is InChI=1S/C25H20Cl2N2O4/c1-32-23-13-17(8-11-22(23)33-15-18-4-2-3-5-20(18)27)12-21-24(30)29(25(31)28-21)14-16-6-9-19(26)10-7-16/h2-13H,14-15H2,1H3,(H,28,31)/b21-12-. The molecule has 0 spiro atoms. The zero-order valence-corrected chi connectivity index (χ0v) is 19.2. The van der Waals surface area contributed by atoms with Crippen LogP contribution in [0.4, 0.5) is 4.79 Å². The number of benzene rings is 3. The number of hydrogen-bond acceptors (Lipinski definition) is 4. The third-order valence-electron chi connectivity index (χ3n) is 5.06. The maximum atomic E-state index is 12.8. The minimum Gasteiger partial charge on any atom is -0.493 e. The fourth-order valence-electron chi connectivity index (χ4n) is 3.32. The van der Waals surface area contributed by atoms with Crippen molar-refractivity contribution < 1.29 is 19.1 Å². The van der Waals surface area contributed by atoms with E-state index in [-0.39, 0.29) is 18.8 Å². The molecule has 1 saturated heterocycles. The van der Waals surface area contributed by atoms with Gasteiger partial charge in [-0.2, -0.15) is 0 Å². The second kappa shape index (κ2) is 9.98.